The van der Waals surface area contributed by atoms with Crippen molar-refractivity contribution in [2.75, 3.05) is 39.4 Å². The number of carbonyl (C=O) groups is 1. The van der Waals surface area contributed by atoms with E-state index in [4.69, 9.17) is 15.2 Å². The van der Waals surface area contributed by atoms with Crippen LogP contribution in [0.3, 0.4) is 0 Å². The minimum atomic E-state index is -0.105. The molecule has 1 unspecified atom stereocenters. The lowest BCUT2D eigenvalue weighted by molar-refractivity contribution is -0.143. The fourth-order valence-corrected chi connectivity index (χ4v) is 1.81. The lowest BCUT2D eigenvalue weighted by atomic mass is 10.2. The summed E-state index contributed by atoms with van der Waals surface area (Å²) >= 11 is 0. The molecule has 0 radical (unpaired) electrons. The van der Waals surface area contributed by atoms with Crippen molar-refractivity contribution in [2.24, 2.45) is 5.73 Å². The van der Waals surface area contributed by atoms with E-state index >= 15 is 0 Å². The highest BCUT2D eigenvalue weighted by Crippen LogP contribution is 2.05. The van der Waals surface area contributed by atoms with Crippen molar-refractivity contribution in [2.45, 2.75) is 25.9 Å². The number of nitrogens with two attached hydrogens (primary N) is 1. The summed E-state index contributed by atoms with van der Waals surface area (Å²) in [6.45, 7) is 6.31. The molecule has 1 saturated heterocycles. The fraction of sp³-hybridized carbons (Fsp3) is 0.909. The number of ether oxygens (including phenoxy) is 2. The number of hydrogen-bond donors (Lipinski definition) is 1. The van der Waals surface area contributed by atoms with Gasteiger partial charge in [-0.1, -0.05) is 0 Å². The molecule has 1 aliphatic heterocycles. The number of rotatable bonds is 6. The predicted molar refractivity (Wildman–Crippen MR) is 61.1 cm³/mol. The normalized spacial score (nSPS) is 22.0. The average molecular weight is 230 g/mol. The van der Waals surface area contributed by atoms with Crippen molar-refractivity contribution in [1.82, 2.24) is 4.90 Å². The summed E-state index contributed by atoms with van der Waals surface area (Å²) in [5, 5.41) is 0. The van der Waals surface area contributed by atoms with E-state index in [0.29, 0.717) is 19.6 Å². The van der Waals surface area contributed by atoms with Crippen molar-refractivity contribution < 1.29 is 14.3 Å². The van der Waals surface area contributed by atoms with Gasteiger partial charge in [0, 0.05) is 26.1 Å². The van der Waals surface area contributed by atoms with E-state index < -0.39 is 0 Å². The Labute approximate surface area is 96.9 Å². The van der Waals surface area contributed by atoms with Crippen LogP contribution in [0.4, 0.5) is 0 Å². The number of hydrogen-bond acceptors (Lipinski definition) is 5. The first-order valence-corrected chi connectivity index (χ1v) is 5.96. The van der Waals surface area contributed by atoms with Crippen LogP contribution in [0.2, 0.25) is 0 Å². The molecule has 5 nitrogen and oxygen atoms in total. The van der Waals surface area contributed by atoms with Crippen molar-refractivity contribution in [1.29, 1.82) is 0 Å². The Bertz CT molecular complexity index is 211. The molecule has 0 bridgehead atoms. The van der Waals surface area contributed by atoms with Crippen LogP contribution in [0.1, 0.15) is 19.8 Å². The van der Waals surface area contributed by atoms with Crippen molar-refractivity contribution in [3.63, 3.8) is 0 Å². The van der Waals surface area contributed by atoms with Crippen LogP contribution in [-0.4, -0.2) is 56.4 Å². The second-order valence-corrected chi connectivity index (χ2v) is 3.94. The molecule has 1 fully saturated rings. The number of nitrogens with zero attached hydrogens (tertiary/aromatic N) is 1. The van der Waals surface area contributed by atoms with Crippen LogP contribution in [0.25, 0.3) is 0 Å². The third kappa shape index (κ3) is 4.92. The average Bonchev–Trinajstić information content (AvgIpc) is 2.30. The van der Waals surface area contributed by atoms with Gasteiger partial charge in [0.2, 0.25) is 0 Å². The van der Waals surface area contributed by atoms with E-state index in [-0.39, 0.29) is 12.1 Å². The molecular formula is C11H22N2O3. The van der Waals surface area contributed by atoms with E-state index in [2.05, 4.69) is 4.90 Å². The molecule has 94 valence electrons. The second-order valence-electron chi connectivity index (χ2n) is 3.94. The summed E-state index contributed by atoms with van der Waals surface area (Å²) in [6.07, 6.45) is 1.49. The zero-order valence-corrected chi connectivity index (χ0v) is 9.98. The lowest BCUT2D eigenvalue weighted by Crippen LogP contribution is -2.45. The quantitative estimate of drug-likeness (QED) is 0.650. The highest BCUT2D eigenvalue weighted by Gasteiger charge is 2.18. The van der Waals surface area contributed by atoms with Gasteiger partial charge in [-0.25, -0.2) is 0 Å². The summed E-state index contributed by atoms with van der Waals surface area (Å²) in [5.74, 6) is -0.105. The topological polar surface area (TPSA) is 64.8 Å². The van der Waals surface area contributed by atoms with E-state index in [1.54, 1.807) is 0 Å². The smallest absolute Gasteiger partial charge is 0.305 e. The standard InChI is InChI=1S/C11H22N2O3/c1-2-15-11(14)4-3-5-13-6-7-16-10(8-12)9-13/h10H,2-9,12H2,1H3. The van der Waals surface area contributed by atoms with Gasteiger partial charge in [0.15, 0.2) is 0 Å². The molecule has 0 aliphatic carbocycles. The lowest BCUT2D eigenvalue weighted by Gasteiger charge is -2.32. The summed E-state index contributed by atoms with van der Waals surface area (Å²) in [5.41, 5.74) is 5.56. The monoisotopic (exact) mass is 230 g/mol. The highest BCUT2D eigenvalue weighted by molar-refractivity contribution is 5.69. The Morgan fingerprint density at radius 2 is 2.44 bits per heavy atom. The Kier molecular flexibility index (Phi) is 6.37. The third-order valence-electron chi connectivity index (χ3n) is 2.65. The van der Waals surface area contributed by atoms with Crippen molar-refractivity contribution in [3.05, 3.63) is 0 Å². The van der Waals surface area contributed by atoms with Crippen molar-refractivity contribution >= 4 is 5.97 Å². The van der Waals surface area contributed by atoms with E-state index in [9.17, 15) is 4.79 Å². The molecular weight excluding hydrogens is 208 g/mol. The van der Waals surface area contributed by atoms with Gasteiger partial charge in [0.25, 0.3) is 0 Å². The van der Waals surface area contributed by atoms with Crippen molar-refractivity contribution in [3.8, 4) is 0 Å². The molecule has 0 aromatic heterocycles. The van der Waals surface area contributed by atoms with E-state index in [1.165, 1.54) is 0 Å². The third-order valence-corrected chi connectivity index (χ3v) is 2.65. The maximum absolute atomic E-state index is 11.1. The van der Waals surface area contributed by atoms with Gasteiger partial charge in [-0.05, 0) is 19.9 Å². The van der Waals surface area contributed by atoms with Crippen LogP contribution in [0, 0.1) is 0 Å². The molecule has 1 atom stereocenters. The number of morpholine rings is 1. The first kappa shape index (κ1) is 13.4. The SMILES string of the molecule is CCOC(=O)CCCN1CCOC(CN)C1. The summed E-state index contributed by atoms with van der Waals surface area (Å²) in [4.78, 5) is 13.4. The van der Waals surface area contributed by atoms with E-state index in [1.807, 2.05) is 6.92 Å². The molecule has 2 N–H and O–H groups in total. The molecule has 0 aromatic carbocycles. The van der Waals surface area contributed by atoms with Crippen LogP contribution < -0.4 is 5.73 Å². The minimum Gasteiger partial charge on any atom is -0.466 e. The summed E-state index contributed by atoms with van der Waals surface area (Å²) in [6, 6.07) is 0. The molecule has 1 rings (SSSR count). The molecule has 1 aliphatic rings. The van der Waals surface area contributed by atoms with Gasteiger partial charge in [0.05, 0.1) is 19.3 Å². The van der Waals surface area contributed by atoms with Crippen LogP contribution >= 0.6 is 0 Å². The second kappa shape index (κ2) is 7.60. The predicted octanol–water partition coefficient (Wildman–Crippen LogP) is -0.0108. The highest BCUT2D eigenvalue weighted by atomic mass is 16.5. The molecule has 1 heterocycles. The Balaban J connectivity index is 2.10. The van der Waals surface area contributed by atoms with Gasteiger partial charge in [0.1, 0.15) is 0 Å². The maximum atomic E-state index is 11.1. The van der Waals surface area contributed by atoms with Crippen LogP contribution in [0.15, 0.2) is 0 Å². The molecule has 0 saturated carbocycles. The van der Waals surface area contributed by atoms with Gasteiger partial charge >= 0.3 is 5.97 Å². The first-order chi connectivity index (χ1) is 7.76. The zero-order chi connectivity index (χ0) is 11.8. The number of esters is 1. The van der Waals surface area contributed by atoms with E-state index in [0.717, 1.165) is 32.7 Å². The molecule has 16 heavy (non-hydrogen) atoms. The molecule has 0 amide bonds. The van der Waals surface area contributed by atoms with Crippen LogP contribution in [0.5, 0.6) is 0 Å². The Morgan fingerprint density at radius 3 is 3.12 bits per heavy atom. The van der Waals surface area contributed by atoms with Gasteiger partial charge in [-0.3, -0.25) is 9.69 Å². The Hall–Kier alpha value is -0.650. The summed E-state index contributed by atoms with van der Waals surface area (Å²) < 4.78 is 10.3. The molecule has 0 aromatic rings. The van der Waals surface area contributed by atoms with Gasteiger partial charge < -0.3 is 15.2 Å². The van der Waals surface area contributed by atoms with Gasteiger partial charge in [-0.15, -0.1) is 0 Å². The fourth-order valence-electron chi connectivity index (χ4n) is 1.81. The first-order valence-electron chi connectivity index (χ1n) is 5.96. The molecule has 5 heteroatoms. The number of carbonyl (C=O) groups excluding carboxylic acids is 1. The Morgan fingerprint density at radius 1 is 1.62 bits per heavy atom. The zero-order valence-electron chi connectivity index (χ0n) is 9.98. The largest absolute Gasteiger partial charge is 0.466 e. The minimum absolute atomic E-state index is 0.105. The molecule has 0 spiro atoms. The van der Waals surface area contributed by atoms with Crippen LogP contribution in [-0.2, 0) is 14.3 Å². The summed E-state index contributed by atoms with van der Waals surface area (Å²) in [7, 11) is 0. The van der Waals surface area contributed by atoms with Gasteiger partial charge in [-0.2, -0.15) is 0 Å². The maximum Gasteiger partial charge on any atom is 0.305 e.